The van der Waals surface area contributed by atoms with Crippen molar-refractivity contribution < 1.29 is 0 Å². The van der Waals surface area contributed by atoms with Gasteiger partial charge in [0.1, 0.15) is 0 Å². The van der Waals surface area contributed by atoms with E-state index >= 15 is 0 Å². The highest BCUT2D eigenvalue weighted by Crippen LogP contribution is 2.58. The fraction of sp³-hybridized carbons (Fsp3) is 0.149. The van der Waals surface area contributed by atoms with E-state index in [0.29, 0.717) is 0 Å². The van der Waals surface area contributed by atoms with Crippen LogP contribution in [0, 0.1) is 6.92 Å². The minimum Gasteiger partial charge on any atom is -0.310 e. The standard InChI is InChI=1S/C47H39N/c1-30-22-24-32(25-23-30)48(33-26-27-41-39(28-33)35-17-11-12-20-40(35)46(41,2)3)43-21-13-19-37-44-36-18-10-9-16-34(36)38(31-14-7-6-8-15-31)29-42(44)47(4,5)45(37)43/h6-29H,1-5H3. The molecule has 9 rings (SSSR count). The Kier molecular flexibility index (Phi) is 6.18. The van der Waals surface area contributed by atoms with E-state index in [2.05, 4.69) is 185 Å². The molecule has 0 amide bonds. The number of hydrogen-bond donors (Lipinski definition) is 0. The third-order valence-corrected chi connectivity index (χ3v) is 11.1. The third kappa shape index (κ3) is 4.04. The van der Waals surface area contributed by atoms with Gasteiger partial charge in [0.05, 0.1) is 5.69 Å². The molecule has 232 valence electrons. The highest BCUT2D eigenvalue weighted by molar-refractivity contribution is 6.10. The van der Waals surface area contributed by atoms with Crippen LogP contribution in [0.3, 0.4) is 0 Å². The van der Waals surface area contributed by atoms with Crippen LogP contribution in [0.2, 0.25) is 0 Å². The summed E-state index contributed by atoms with van der Waals surface area (Å²) in [5.74, 6) is 0. The number of benzene rings is 7. The zero-order valence-corrected chi connectivity index (χ0v) is 28.3. The Hall–Kier alpha value is -5.40. The van der Waals surface area contributed by atoms with E-state index in [0.717, 1.165) is 0 Å². The van der Waals surface area contributed by atoms with Crippen molar-refractivity contribution in [3.8, 4) is 33.4 Å². The minimum atomic E-state index is -0.233. The molecule has 7 aromatic carbocycles. The Morgan fingerprint density at radius 1 is 0.438 bits per heavy atom. The van der Waals surface area contributed by atoms with Crippen LogP contribution < -0.4 is 4.90 Å². The molecule has 0 aliphatic heterocycles. The second-order valence-electron chi connectivity index (χ2n) is 14.7. The second kappa shape index (κ2) is 10.3. The van der Waals surface area contributed by atoms with E-state index < -0.39 is 0 Å². The number of anilines is 3. The lowest BCUT2D eigenvalue weighted by atomic mass is 9.79. The number of hydrogen-bond acceptors (Lipinski definition) is 1. The number of aryl methyl sites for hydroxylation is 1. The molecule has 1 nitrogen and oxygen atoms in total. The van der Waals surface area contributed by atoms with Crippen LogP contribution in [-0.2, 0) is 10.8 Å². The smallest absolute Gasteiger partial charge is 0.0508 e. The van der Waals surface area contributed by atoms with E-state index in [1.807, 2.05) is 0 Å². The quantitative estimate of drug-likeness (QED) is 0.190. The van der Waals surface area contributed by atoms with E-state index in [4.69, 9.17) is 0 Å². The molecule has 2 aliphatic rings. The fourth-order valence-electron chi connectivity index (χ4n) is 8.71. The summed E-state index contributed by atoms with van der Waals surface area (Å²) in [6, 6.07) is 54.3. The van der Waals surface area contributed by atoms with Crippen LogP contribution in [0.15, 0.2) is 146 Å². The van der Waals surface area contributed by atoms with Crippen LogP contribution >= 0.6 is 0 Å². The molecule has 0 fully saturated rings. The van der Waals surface area contributed by atoms with Crippen LogP contribution in [0.25, 0.3) is 44.2 Å². The fourth-order valence-corrected chi connectivity index (χ4v) is 8.71. The second-order valence-corrected chi connectivity index (χ2v) is 14.7. The molecule has 0 unspecified atom stereocenters. The summed E-state index contributed by atoms with van der Waals surface area (Å²) >= 11 is 0. The van der Waals surface area contributed by atoms with Gasteiger partial charge in [0.2, 0.25) is 0 Å². The number of nitrogens with zero attached hydrogens (tertiary/aromatic N) is 1. The highest BCUT2D eigenvalue weighted by atomic mass is 15.1. The van der Waals surface area contributed by atoms with Crippen molar-refractivity contribution >= 4 is 27.8 Å². The van der Waals surface area contributed by atoms with E-state index in [1.165, 1.54) is 89.0 Å². The van der Waals surface area contributed by atoms with E-state index in [1.54, 1.807) is 0 Å². The third-order valence-electron chi connectivity index (χ3n) is 11.1. The van der Waals surface area contributed by atoms with Gasteiger partial charge in [0.25, 0.3) is 0 Å². The van der Waals surface area contributed by atoms with E-state index in [9.17, 15) is 0 Å². The molecular weight excluding hydrogens is 579 g/mol. The average molecular weight is 618 g/mol. The van der Waals surface area contributed by atoms with Gasteiger partial charge in [-0.1, -0.05) is 142 Å². The SMILES string of the molecule is Cc1ccc(N(c2ccc3c(c2)-c2ccccc2C3(C)C)c2cccc3c2C(C)(C)c2cc(-c4ccccc4)c4ccccc4c2-3)cc1. The topological polar surface area (TPSA) is 3.24 Å². The molecule has 0 spiro atoms. The highest BCUT2D eigenvalue weighted by Gasteiger charge is 2.41. The summed E-state index contributed by atoms with van der Waals surface area (Å²) in [6.45, 7) is 11.7. The Morgan fingerprint density at radius 2 is 1.08 bits per heavy atom. The van der Waals surface area contributed by atoms with Gasteiger partial charge < -0.3 is 4.90 Å². The van der Waals surface area contributed by atoms with Gasteiger partial charge in [-0.2, -0.15) is 0 Å². The van der Waals surface area contributed by atoms with Gasteiger partial charge in [-0.15, -0.1) is 0 Å². The van der Waals surface area contributed by atoms with Gasteiger partial charge in [0, 0.05) is 22.2 Å². The first-order valence-corrected chi connectivity index (χ1v) is 17.1. The van der Waals surface area contributed by atoms with Crippen LogP contribution in [0.4, 0.5) is 17.1 Å². The van der Waals surface area contributed by atoms with Crippen LogP contribution in [0.1, 0.15) is 55.5 Å². The largest absolute Gasteiger partial charge is 0.310 e. The Balaban J connectivity index is 1.30. The van der Waals surface area contributed by atoms with Gasteiger partial charge in [0.15, 0.2) is 0 Å². The van der Waals surface area contributed by atoms with Gasteiger partial charge in [-0.05, 0) is 110 Å². The zero-order valence-electron chi connectivity index (χ0n) is 28.3. The van der Waals surface area contributed by atoms with Crippen molar-refractivity contribution in [3.05, 3.63) is 173 Å². The average Bonchev–Trinajstić information content (AvgIpc) is 3.49. The molecule has 2 aliphatic carbocycles. The predicted octanol–water partition coefficient (Wildman–Crippen LogP) is 12.9. The summed E-state index contributed by atoms with van der Waals surface area (Å²) < 4.78 is 0. The molecule has 0 saturated heterocycles. The maximum atomic E-state index is 2.50. The minimum absolute atomic E-state index is 0.0334. The lowest BCUT2D eigenvalue weighted by Crippen LogP contribution is -2.21. The summed E-state index contributed by atoms with van der Waals surface area (Å²) in [6.07, 6.45) is 0. The molecule has 0 N–H and O–H groups in total. The molecule has 0 radical (unpaired) electrons. The predicted molar refractivity (Wildman–Crippen MR) is 204 cm³/mol. The summed E-state index contributed by atoms with van der Waals surface area (Å²) in [4.78, 5) is 2.50. The van der Waals surface area contributed by atoms with Crippen molar-refractivity contribution in [1.82, 2.24) is 0 Å². The number of fused-ring (bicyclic) bond motifs is 8. The van der Waals surface area contributed by atoms with Gasteiger partial charge in [-0.3, -0.25) is 0 Å². The molecule has 48 heavy (non-hydrogen) atoms. The molecule has 7 aromatic rings. The first-order chi connectivity index (χ1) is 23.2. The Labute approximate surface area is 284 Å². The van der Waals surface area contributed by atoms with Crippen molar-refractivity contribution in [2.45, 2.75) is 45.4 Å². The van der Waals surface area contributed by atoms with Gasteiger partial charge in [-0.25, -0.2) is 0 Å². The van der Waals surface area contributed by atoms with Crippen molar-refractivity contribution in [1.29, 1.82) is 0 Å². The Bertz CT molecular complexity index is 2390. The zero-order chi connectivity index (χ0) is 32.8. The van der Waals surface area contributed by atoms with Crippen molar-refractivity contribution in [2.24, 2.45) is 0 Å². The van der Waals surface area contributed by atoms with E-state index in [-0.39, 0.29) is 10.8 Å². The lowest BCUT2D eigenvalue weighted by molar-refractivity contribution is 0.660. The molecule has 0 atom stereocenters. The lowest BCUT2D eigenvalue weighted by Gasteiger charge is -2.33. The molecule has 0 saturated carbocycles. The maximum absolute atomic E-state index is 2.50. The normalized spacial score (nSPS) is 14.7. The molecule has 0 heterocycles. The summed E-state index contributed by atoms with van der Waals surface area (Å²) in [5, 5.41) is 2.61. The van der Waals surface area contributed by atoms with Crippen molar-refractivity contribution in [3.63, 3.8) is 0 Å². The summed E-state index contributed by atoms with van der Waals surface area (Å²) in [7, 11) is 0. The van der Waals surface area contributed by atoms with Crippen molar-refractivity contribution in [2.75, 3.05) is 4.90 Å². The molecule has 0 bridgehead atoms. The molecule has 1 heteroatoms. The molecule has 0 aromatic heterocycles. The summed E-state index contributed by atoms with van der Waals surface area (Å²) in [5.41, 5.74) is 18.0. The van der Waals surface area contributed by atoms with Crippen LogP contribution in [-0.4, -0.2) is 0 Å². The molecular formula is C47H39N. The van der Waals surface area contributed by atoms with Gasteiger partial charge >= 0.3 is 0 Å². The number of rotatable bonds is 4. The first kappa shape index (κ1) is 28.8. The maximum Gasteiger partial charge on any atom is 0.0508 e. The monoisotopic (exact) mass is 617 g/mol. The van der Waals surface area contributed by atoms with Crippen LogP contribution in [0.5, 0.6) is 0 Å². The first-order valence-electron chi connectivity index (χ1n) is 17.1. The Morgan fingerprint density at radius 3 is 1.88 bits per heavy atom.